The Balaban J connectivity index is 2.40. The lowest BCUT2D eigenvalue weighted by molar-refractivity contribution is 0.0697. The van der Waals surface area contributed by atoms with Gasteiger partial charge in [0.15, 0.2) is 0 Å². The molecule has 0 spiro atoms. The first kappa shape index (κ1) is 16.1. The van der Waals surface area contributed by atoms with Gasteiger partial charge in [0, 0.05) is 6.04 Å². The summed E-state index contributed by atoms with van der Waals surface area (Å²) < 4.78 is 22.8. The summed E-state index contributed by atoms with van der Waals surface area (Å²) in [7, 11) is -4.06. The van der Waals surface area contributed by atoms with Crippen molar-refractivity contribution in [3.63, 3.8) is 0 Å². The SMILES string of the molecule is NS(=O)(=O)c1cc(C(=O)O)c(NC2CCCCC2)cc1Cl. The van der Waals surface area contributed by atoms with Crippen LogP contribution in [-0.2, 0) is 10.0 Å². The molecule has 8 heteroatoms. The fourth-order valence-corrected chi connectivity index (χ4v) is 3.63. The molecular weight excluding hydrogens is 316 g/mol. The van der Waals surface area contributed by atoms with E-state index in [0.29, 0.717) is 5.69 Å². The number of carboxylic acids is 1. The van der Waals surface area contributed by atoms with Gasteiger partial charge in [-0.25, -0.2) is 18.4 Å². The number of anilines is 1. The summed E-state index contributed by atoms with van der Waals surface area (Å²) in [4.78, 5) is 11.0. The number of nitrogens with two attached hydrogens (primary N) is 1. The molecule has 0 saturated heterocycles. The lowest BCUT2D eigenvalue weighted by atomic mass is 9.95. The van der Waals surface area contributed by atoms with Gasteiger partial charge in [0.1, 0.15) is 4.90 Å². The number of halogens is 1. The number of carbonyl (C=O) groups is 1. The standard InChI is InChI=1S/C13H17ClN2O4S/c14-10-7-11(16-8-4-2-1-3-5-8)9(13(17)18)6-12(10)21(15,19)20/h6-8,16H,1-5H2,(H,17,18)(H2,15,19,20). The molecule has 0 heterocycles. The van der Waals surface area contributed by atoms with Crippen molar-refractivity contribution in [1.29, 1.82) is 0 Å². The number of carboxylic acid groups (broad SMARTS) is 1. The minimum Gasteiger partial charge on any atom is -0.478 e. The van der Waals surface area contributed by atoms with Crippen LogP contribution in [0.4, 0.5) is 5.69 Å². The second kappa shape index (κ2) is 6.21. The number of benzene rings is 1. The summed E-state index contributed by atoms with van der Waals surface area (Å²) in [5.74, 6) is -1.23. The molecule has 0 bridgehead atoms. The maximum atomic E-state index is 11.4. The van der Waals surface area contributed by atoms with Crippen molar-refractivity contribution in [1.82, 2.24) is 0 Å². The van der Waals surface area contributed by atoms with Crippen LogP contribution in [0.5, 0.6) is 0 Å². The molecule has 4 N–H and O–H groups in total. The Hall–Kier alpha value is -1.31. The Morgan fingerprint density at radius 3 is 2.43 bits per heavy atom. The number of hydrogen-bond acceptors (Lipinski definition) is 4. The average molecular weight is 333 g/mol. The van der Waals surface area contributed by atoms with Gasteiger partial charge in [0.2, 0.25) is 10.0 Å². The fourth-order valence-electron chi connectivity index (χ4n) is 2.53. The molecule has 0 aromatic heterocycles. The fraction of sp³-hybridized carbons (Fsp3) is 0.462. The smallest absolute Gasteiger partial charge is 0.337 e. The zero-order chi connectivity index (χ0) is 15.6. The van der Waals surface area contributed by atoms with E-state index in [0.717, 1.165) is 31.7 Å². The van der Waals surface area contributed by atoms with E-state index in [1.54, 1.807) is 0 Å². The number of aromatic carboxylic acids is 1. The molecular formula is C13H17ClN2O4S. The van der Waals surface area contributed by atoms with Crippen LogP contribution in [0.2, 0.25) is 5.02 Å². The van der Waals surface area contributed by atoms with E-state index in [4.69, 9.17) is 16.7 Å². The van der Waals surface area contributed by atoms with Crippen LogP contribution in [0.25, 0.3) is 0 Å². The zero-order valence-corrected chi connectivity index (χ0v) is 12.9. The van der Waals surface area contributed by atoms with Crippen LogP contribution >= 0.6 is 11.6 Å². The predicted octanol–water partition coefficient (Wildman–Crippen LogP) is 2.43. The van der Waals surface area contributed by atoms with Crippen molar-refractivity contribution in [3.8, 4) is 0 Å². The molecule has 116 valence electrons. The van der Waals surface area contributed by atoms with Crippen molar-refractivity contribution in [2.45, 2.75) is 43.0 Å². The molecule has 6 nitrogen and oxygen atoms in total. The van der Waals surface area contributed by atoms with E-state index >= 15 is 0 Å². The maximum absolute atomic E-state index is 11.4. The van der Waals surface area contributed by atoms with Gasteiger partial charge < -0.3 is 10.4 Å². The molecule has 0 radical (unpaired) electrons. The number of nitrogens with one attached hydrogen (secondary N) is 1. The molecule has 2 rings (SSSR count). The van der Waals surface area contributed by atoms with Crippen molar-refractivity contribution < 1.29 is 18.3 Å². The van der Waals surface area contributed by atoms with Crippen LogP contribution in [-0.4, -0.2) is 25.5 Å². The van der Waals surface area contributed by atoms with Gasteiger partial charge in [-0.15, -0.1) is 0 Å². The predicted molar refractivity (Wildman–Crippen MR) is 80.3 cm³/mol. The highest BCUT2D eigenvalue weighted by Crippen LogP contribution is 2.30. The minimum atomic E-state index is -4.06. The molecule has 21 heavy (non-hydrogen) atoms. The number of primary sulfonamides is 1. The minimum absolute atomic E-state index is 0.0826. The van der Waals surface area contributed by atoms with Crippen molar-refractivity contribution in [3.05, 3.63) is 22.7 Å². The monoisotopic (exact) mass is 332 g/mol. The first-order valence-corrected chi connectivity index (χ1v) is 8.57. The van der Waals surface area contributed by atoms with Crippen molar-refractivity contribution in [2.75, 3.05) is 5.32 Å². The van der Waals surface area contributed by atoms with Crippen LogP contribution in [0.3, 0.4) is 0 Å². The normalized spacial score (nSPS) is 16.7. The second-order valence-electron chi connectivity index (χ2n) is 5.16. The number of hydrogen-bond donors (Lipinski definition) is 3. The third-order valence-corrected chi connectivity index (χ3v) is 4.95. The van der Waals surface area contributed by atoms with E-state index in [1.165, 1.54) is 12.5 Å². The first-order valence-electron chi connectivity index (χ1n) is 6.65. The quantitative estimate of drug-likeness (QED) is 0.784. The highest BCUT2D eigenvalue weighted by atomic mass is 35.5. The molecule has 1 aliphatic carbocycles. The lowest BCUT2D eigenvalue weighted by Gasteiger charge is -2.25. The Labute approximate surface area is 128 Å². The summed E-state index contributed by atoms with van der Waals surface area (Å²) in [5, 5.41) is 17.4. The van der Waals surface area contributed by atoms with E-state index in [-0.39, 0.29) is 21.5 Å². The van der Waals surface area contributed by atoms with Crippen LogP contribution in [0.1, 0.15) is 42.5 Å². The molecule has 1 aliphatic rings. The van der Waals surface area contributed by atoms with Gasteiger partial charge in [-0.1, -0.05) is 30.9 Å². The van der Waals surface area contributed by atoms with E-state index in [9.17, 15) is 18.3 Å². The molecule has 0 unspecified atom stereocenters. The van der Waals surface area contributed by atoms with Gasteiger partial charge in [-0.3, -0.25) is 0 Å². The van der Waals surface area contributed by atoms with E-state index in [2.05, 4.69) is 5.32 Å². The lowest BCUT2D eigenvalue weighted by Crippen LogP contribution is -2.24. The highest BCUT2D eigenvalue weighted by Gasteiger charge is 2.22. The van der Waals surface area contributed by atoms with Crippen LogP contribution in [0.15, 0.2) is 17.0 Å². The molecule has 1 aromatic rings. The van der Waals surface area contributed by atoms with Gasteiger partial charge >= 0.3 is 5.97 Å². The molecule has 1 saturated carbocycles. The van der Waals surface area contributed by atoms with Crippen LogP contribution < -0.4 is 10.5 Å². The third kappa shape index (κ3) is 3.87. The second-order valence-corrected chi connectivity index (χ2v) is 7.09. The summed E-state index contributed by atoms with van der Waals surface area (Å²) in [5.41, 5.74) is 0.181. The highest BCUT2D eigenvalue weighted by molar-refractivity contribution is 7.89. The molecule has 1 aromatic carbocycles. The average Bonchev–Trinajstić information content (AvgIpc) is 2.38. The summed E-state index contributed by atoms with van der Waals surface area (Å²) in [6.07, 6.45) is 5.25. The Morgan fingerprint density at radius 1 is 1.29 bits per heavy atom. The van der Waals surface area contributed by atoms with Gasteiger partial charge in [-0.05, 0) is 25.0 Å². The number of sulfonamides is 1. The Kier molecular flexibility index (Phi) is 4.75. The first-order chi connectivity index (χ1) is 9.79. The maximum Gasteiger partial charge on any atom is 0.337 e. The summed E-state index contributed by atoms with van der Waals surface area (Å²) in [6, 6.07) is 2.50. The topological polar surface area (TPSA) is 109 Å². The Bertz CT molecular complexity index is 654. The zero-order valence-electron chi connectivity index (χ0n) is 11.3. The van der Waals surface area contributed by atoms with Crippen molar-refractivity contribution in [2.24, 2.45) is 5.14 Å². The third-order valence-electron chi connectivity index (χ3n) is 3.57. The Morgan fingerprint density at radius 2 is 1.90 bits per heavy atom. The summed E-state index contributed by atoms with van der Waals surface area (Å²) in [6.45, 7) is 0. The molecule has 0 aliphatic heterocycles. The van der Waals surface area contributed by atoms with E-state index < -0.39 is 16.0 Å². The van der Waals surface area contributed by atoms with E-state index in [1.807, 2.05) is 0 Å². The van der Waals surface area contributed by atoms with Crippen LogP contribution in [0, 0.1) is 0 Å². The largest absolute Gasteiger partial charge is 0.478 e. The van der Waals surface area contributed by atoms with Gasteiger partial charge in [-0.2, -0.15) is 0 Å². The number of rotatable bonds is 4. The van der Waals surface area contributed by atoms with Crippen molar-refractivity contribution >= 4 is 33.3 Å². The van der Waals surface area contributed by atoms with Gasteiger partial charge in [0.05, 0.1) is 16.3 Å². The molecule has 0 amide bonds. The van der Waals surface area contributed by atoms with Gasteiger partial charge in [0.25, 0.3) is 0 Å². The molecule has 0 atom stereocenters. The molecule has 1 fully saturated rings. The summed E-state index contributed by atoms with van der Waals surface area (Å²) >= 11 is 5.92.